The second-order valence-corrected chi connectivity index (χ2v) is 6.77. The molecule has 0 saturated carbocycles. The molecule has 1 aromatic carbocycles. The predicted molar refractivity (Wildman–Crippen MR) is 89.3 cm³/mol. The minimum absolute atomic E-state index is 0.105. The first-order valence-corrected chi connectivity index (χ1v) is 8.33. The van der Waals surface area contributed by atoms with Gasteiger partial charge in [-0.25, -0.2) is 9.78 Å². The number of thiophene rings is 1. The van der Waals surface area contributed by atoms with Gasteiger partial charge in [0.05, 0.1) is 10.9 Å². The fourth-order valence-electron chi connectivity index (χ4n) is 3.07. The standard InChI is InChI=1S/C17H14N2O3S/c20-15-13-11-3-1-2-4-12(11)23-16(13)19-14(18-15)9-5-7-10(8-6-9)17(21)22/h5-8H,1-4H2,(H,21,22)(H,18,19,20). The van der Waals surface area contributed by atoms with Crippen molar-refractivity contribution in [3.8, 4) is 11.4 Å². The van der Waals surface area contributed by atoms with Gasteiger partial charge in [-0.05, 0) is 43.4 Å². The van der Waals surface area contributed by atoms with Crippen molar-refractivity contribution in [2.24, 2.45) is 0 Å². The Bertz CT molecular complexity index is 970. The first-order chi connectivity index (χ1) is 11.1. The first-order valence-electron chi connectivity index (χ1n) is 7.52. The van der Waals surface area contributed by atoms with Gasteiger partial charge in [0.25, 0.3) is 5.56 Å². The molecule has 0 saturated heterocycles. The molecule has 1 aliphatic carbocycles. The maximum Gasteiger partial charge on any atom is 0.335 e. The van der Waals surface area contributed by atoms with Crippen LogP contribution in [0.5, 0.6) is 0 Å². The van der Waals surface area contributed by atoms with E-state index < -0.39 is 5.97 Å². The molecule has 0 spiro atoms. The van der Waals surface area contributed by atoms with E-state index in [4.69, 9.17) is 5.11 Å². The number of aromatic nitrogens is 2. The Morgan fingerprint density at radius 2 is 1.91 bits per heavy atom. The molecule has 0 unspecified atom stereocenters. The third kappa shape index (κ3) is 2.35. The molecule has 116 valence electrons. The molecule has 0 bridgehead atoms. The van der Waals surface area contributed by atoms with Gasteiger partial charge >= 0.3 is 5.97 Å². The van der Waals surface area contributed by atoms with Gasteiger partial charge in [0.15, 0.2) is 0 Å². The topological polar surface area (TPSA) is 83.0 Å². The van der Waals surface area contributed by atoms with Crippen LogP contribution in [0.1, 0.15) is 33.6 Å². The Morgan fingerprint density at radius 1 is 1.17 bits per heavy atom. The van der Waals surface area contributed by atoms with Gasteiger partial charge in [-0.3, -0.25) is 4.79 Å². The number of aromatic carboxylic acids is 1. The number of rotatable bonds is 2. The van der Waals surface area contributed by atoms with Gasteiger partial charge in [0.2, 0.25) is 0 Å². The summed E-state index contributed by atoms with van der Waals surface area (Å²) in [5, 5.41) is 9.69. The Kier molecular flexibility index (Phi) is 3.27. The van der Waals surface area contributed by atoms with Crippen LogP contribution in [0.4, 0.5) is 0 Å². The molecule has 0 radical (unpaired) electrons. The predicted octanol–water partition coefficient (Wildman–Crippen LogP) is 3.23. The number of aryl methyl sites for hydroxylation is 2. The smallest absolute Gasteiger partial charge is 0.335 e. The van der Waals surface area contributed by atoms with Gasteiger partial charge in [-0.15, -0.1) is 11.3 Å². The van der Waals surface area contributed by atoms with Gasteiger partial charge in [0, 0.05) is 10.4 Å². The number of aromatic amines is 1. The lowest BCUT2D eigenvalue weighted by atomic mass is 9.97. The van der Waals surface area contributed by atoms with E-state index in [1.54, 1.807) is 23.5 Å². The van der Waals surface area contributed by atoms with Crippen molar-refractivity contribution in [1.29, 1.82) is 0 Å². The van der Waals surface area contributed by atoms with Crippen molar-refractivity contribution >= 4 is 27.5 Å². The van der Waals surface area contributed by atoms with Crippen molar-refractivity contribution in [2.75, 3.05) is 0 Å². The molecular formula is C17H14N2O3S. The van der Waals surface area contributed by atoms with E-state index in [2.05, 4.69) is 9.97 Å². The van der Waals surface area contributed by atoms with Crippen LogP contribution in [0.3, 0.4) is 0 Å². The molecule has 5 nitrogen and oxygen atoms in total. The molecule has 23 heavy (non-hydrogen) atoms. The van der Waals surface area contributed by atoms with Crippen molar-refractivity contribution in [1.82, 2.24) is 9.97 Å². The number of benzene rings is 1. The number of fused-ring (bicyclic) bond motifs is 3. The second kappa shape index (κ2) is 5.31. The van der Waals surface area contributed by atoms with Crippen LogP contribution in [0.2, 0.25) is 0 Å². The number of H-pyrrole nitrogens is 1. The summed E-state index contributed by atoms with van der Waals surface area (Å²) >= 11 is 1.61. The van der Waals surface area contributed by atoms with Crippen LogP contribution in [-0.4, -0.2) is 21.0 Å². The monoisotopic (exact) mass is 326 g/mol. The lowest BCUT2D eigenvalue weighted by molar-refractivity contribution is 0.0697. The van der Waals surface area contributed by atoms with Crippen LogP contribution in [-0.2, 0) is 12.8 Å². The van der Waals surface area contributed by atoms with Crippen molar-refractivity contribution in [2.45, 2.75) is 25.7 Å². The van der Waals surface area contributed by atoms with E-state index in [1.807, 2.05) is 0 Å². The maximum atomic E-state index is 12.5. The zero-order valence-corrected chi connectivity index (χ0v) is 13.1. The molecule has 2 N–H and O–H groups in total. The van der Waals surface area contributed by atoms with Crippen LogP contribution in [0.25, 0.3) is 21.6 Å². The lowest BCUT2D eigenvalue weighted by Gasteiger charge is -2.09. The van der Waals surface area contributed by atoms with Gasteiger partial charge < -0.3 is 10.1 Å². The minimum Gasteiger partial charge on any atom is -0.478 e. The molecule has 0 fully saturated rings. The zero-order valence-electron chi connectivity index (χ0n) is 12.3. The van der Waals surface area contributed by atoms with Crippen molar-refractivity contribution in [3.05, 3.63) is 50.6 Å². The molecular weight excluding hydrogens is 312 g/mol. The number of carboxylic acid groups (broad SMARTS) is 1. The number of hydrogen-bond donors (Lipinski definition) is 2. The zero-order chi connectivity index (χ0) is 16.0. The van der Waals surface area contributed by atoms with Gasteiger partial charge in [-0.2, -0.15) is 0 Å². The average Bonchev–Trinajstić information content (AvgIpc) is 2.93. The van der Waals surface area contributed by atoms with E-state index in [0.29, 0.717) is 11.4 Å². The number of carboxylic acids is 1. The van der Waals surface area contributed by atoms with E-state index in [1.165, 1.54) is 23.4 Å². The SMILES string of the molecule is O=C(O)c1ccc(-c2nc3sc4c(c3c(=O)[nH]2)CCCC4)cc1. The summed E-state index contributed by atoms with van der Waals surface area (Å²) in [6.07, 6.45) is 4.27. The molecule has 1 aliphatic rings. The van der Waals surface area contributed by atoms with Crippen molar-refractivity contribution < 1.29 is 9.90 Å². The summed E-state index contributed by atoms with van der Waals surface area (Å²) in [5.41, 5.74) is 1.98. The normalized spacial score (nSPS) is 13.9. The highest BCUT2D eigenvalue weighted by Gasteiger charge is 2.20. The van der Waals surface area contributed by atoms with Gasteiger partial charge in [-0.1, -0.05) is 12.1 Å². The largest absolute Gasteiger partial charge is 0.478 e. The highest BCUT2D eigenvalue weighted by molar-refractivity contribution is 7.18. The molecule has 0 atom stereocenters. The third-order valence-corrected chi connectivity index (χ3v) is 5.42. The summed E-state index contributed by atoms with van der Waals surface area (Å²) in [5.74, 6) is -0.488. The van der Waals surface area contributed by atoms with Gasteiger partial charge in [0.1, 0.15) is 10.7 Å². The minimum atomic E-state index is -0.973. The molecule has 4 rings (SSSR count). The summed E-state index contributed by atoms with van der Waals surface area (Å²) < 4.78 is 0. The van der Waals surface area contributed by atoms with Crippen LogP contribution in [0, 0.1) is 0 Å². The van der Waals surface area contributed by atoms with E-state index >= 15 is 0 Å². The maximum absolute atomic E-state index is 12.5. The second-order valence-electron chi connectivity index (χ2n) is 5.69. The molecule has 0 amide bonds. The number of nitrogens with zero attached hydrogens (tertiary/aromatic N) is 1. The fraction of sp³-hybridized carbons (Fsp3) is 0.235. The highest BCUT2D eigenvalue weighted by atomic mass is 32.1. The van der Waals surface area contributed by atoms with Crippen molar-refractivity contribution in [3.63, 3.8) is 0 Å². The molecule has 3 aromatic rings. The molecule has 6 heteroatoms. The summed E-state index contributed by atoms with van der Waals surface area (Å²) in [4.78, 5) is 32.9. The summed E-state index contributed by atoms with van der Waals surface area (Å²) in [7, 11) is 0. The molecule has 0 aliphatic heterocycles. The Labute approximate surface area is 135 Å². The highest BCUT2D eigenvalue weighted by Crippen LogP contribution is 2.34. The molecule has 2 heterocycles. The lowest BCUT2D eigenvalue weighted by Crippen LogP contribution is -2.11. The van der Waals surface area contributed by atoms with E-state index in [0.717, 1.165) is 35.0 Å². The Morgan fingerprint density at radius 3 is 2.65 bits per heavy atom. The number of nitrogens with one attached hydrogen (secondary N) is 1. The summed E-state index contributed by atoms with van der Waals surface area (Å²) in [6, 6.07) is 6.37. The number of hydrogen-bond acceptors (Lipinski definition) is 4. The third-order valence-electron chi connectivity index (χ3n) is 4.23. The average molecular weight is 326 g/mol. The van der Waals surface area contributed by atoms with Crippen LogP contribution >= 0.6 is 11.3 Å². The van der Waals surface area contributed by atoms with E-state index in [9.17, 15) is 9.59 Å². The fourth-order valence-corrected chi connectivity index (χ4v) is 4.33. The Balaban J connectivity index is 1.85. The van der Waals surface area contributed by atoms with Crippen LogP contribution in [0.15, 0.2) is 29.1 Å². The molecule has 2 aromatic heterocycles. The van der Waals surface area contributed by atoms with E-state index in [-0.39, 0.29) is 11.1 Å². The first kappa shape index (κ1) is 14.1. The van der Waals surface area contributed by atoms with Crippen LogP contribution < -0.4 is 5.56 Å². The number of carbonyl (C=O) groups is 1. The summed E-state index contributed by atoms with van der Waals surface area (Å²) in [6.45, 7) is 0. The Hall–Kier alpha value is -2.47. The quantitative estimate of drug-likeness (QED) is 0.757.